The number of nitrogens with zero attached hydrogens (tertiary/aromatic N) is 6. The van der Waals surface area contributed by atoms with Crippen molar-refractivity contribution in [3.8, 4) is 11.8 Å². The number of allylic oxidation sites excluding steroid dienone is 3. The van der Waals surface area contributed by atoms with Gasteiger partial charge >= 0.3 is 6.01 Å². The van der Waals surface area contributed by atoms with Crippen molar-refractivity contribution in [2.24, 2.45) is 5.92 Å². The van der Waals surface area contributed by atoms with Gasteiger partial charge < -0.3 is 34.2 Å². The van der Waals surface area contributed by atoms with E-state index in [1.807, 2.05) is 23.1 Å². The van der Waals surface area contributed by atoms with E-state index in [1.165, 1.54) is 18.1 Å². The van der Waals surface area contributed by atoms with Crippen LogP contribution in [0.3, 0.4) is 0 Å². The van der Waals surface area contributed by atoms with E-state index in [0.29, 0.717) is 51.3 Å². The summed E-state index contributed by atoms with van der Waals surface area (Å²) in [7, 11) is 1.77. The third-order valence-electron chi connectivity index (χ3n) is 9.14. The fourth-order valence-corrected chi connectivity index (χ4v) is 6.87. The Hall–Kier alpha value is -3.89. The van der Waals surface area contributed by atoms with Gasteiger partial charge in [-0.3, -0.25) is 4.79 Å². The number of aromatic nitrogens is 2. The Labute approximate surface area is 260 Å². The van der Waals surface area contributed by atoms with E-state index < -0.39 is 0 Å². The van der Waals surface area contributed by atoms with Crippen LogP contribution in [0.1, 0.15) is 35.2 Å². The van der Waals surface area contributed by atoms with Gasteiger partial charge in [0.05, 0.1) is 25.5 Å². The van der Waals surface area contributed by atoms with Gasteiger partial charge in [-0.2, -0.15) is 9.97 Å². The molecule has 1 aliphatic carbocycles. The smallest absolute Gasteiger partial charge is 0.318 e. The summed E-state index contributed by atoms with van der Waals surface area (Å²) in [5.74, 6) is 1.77. The van der Waals surface area contributed by atoms with Crippen molar-refractivity contribution < 1.29 is 19.4 Å². The van der Waals surface area contributed by atoms with Gasteiger partial charge in [-0.1, -0.05) is 30.9 Å². The molecule has 0 saturated carbocycles. The van der Waals surface area contributed by atoms with E-state index >= 15 is 0 Å². The van der Waals surface area contributed by atoms with Crippen LogP contribution in [0.25, 0.3) is 6.08 Å². The predicted octanol–water partition coefficient (Wildman–Crippen LogP) is 3.44. The highest BCUT2D eigenvalue weighted by molar-refractivity contribution is 5.87. The van der Waals surface area contributed by atoms with Gasteiger partial charge in [-0.05, 0) is 61.4 Å². The molecule has 1 amide bonds. The molecule has 10 heteroatoms. The molecule has 2 saturated heterocycles. The lowest BCUT2D eigenvalue weighted by Crippen LogP contribution is -2.49. The minimum absolute atomic E-state index is 0.0319. The van der Waals surface area contributed by atoms with Crippen molar-refractivity contribution >= 4 is 23.5 Å². The lowest BCUT2D eigenvalue weighted by atomic mass is 9.98. The number of anilines is 2. The largest absolute Gasteiger partial charge is 0.508 e. The standard InChI is InChI=1S/C34H44N6O4/c1-3-32(42)38-15-17-39(18-16-38)33-29-11-14-40(31-21-27(41)20-26-8-5-4-6-9-28(26)31)23-30(29)35-34(36-33)44-19-7-12-37-13-10-25(22-37)24-43-2/h3-6,8,20-21,25,41H,1,7,9-19,22-24H2,2H3. The minimum atomic E-state index is -0.0319. The average Bonchev–Trinajstić information content (AvgIpc) is 3.36. The second-order valence-electron chi connectivity index (χ2n) is 12.1. The van der Waals surface area contributed by atoms with Crippen molar-refractivity contribution in [2.75, 3.05) is 82.5 Å². The highest BCUT2D eigenvalue weighted by Crippen LogP contribution is 2.36. The normalized spacial score (nSPS) is 19.9. The number of carbonyl (C=O) groups excluding carboxylic acids is 1. The number of phenolic OH excluding ortho intramolecular Hbond substituents is 1. The number of ether oxygens (including phenoxy) is 2. The van der Waals surface area contributed by atoms with Crippen molar-refractivity contribution in [2.45, 2.75) is 32.2 Å². The first kappa shape index (κ1) is 30.1. The molecule has 4 aliphatic rings. The van der Waals surface area contributed by atoms with Crippen molar-refractivity contribution in [1.82, 2.24) is 19.8 Å². The summed E-state index contributed by atoms with van der Waals surface area (Å²) in [5, 5.41) is 10.6. The third kappa shape index (κ3) is 6.76. The molecular weight excluding hydrogens is 556 g/mol. The van der Waals surface area contributed by atoms with Gasteiger partial charge in [0, 0.05) is 70.2 Å². The van der Waals surface area contributed by atoms with Gasteiger partial charge in [0.25, 0.3) is 0 Å². The molecule has 1 aromatic heterocycles. The number of hydrogen-bond acceptors (Lipinski definition) is 9. The highest BCUT2D eigenvalue weighted by Gasteiger charge is 2.30. The lowest BCUT2D eigenvalue weighted by Gasteiger charge is -2.38. The Bertz CT molecular complexity index is 1420. The topological polar surface area (TPSA) is 94.5 Å². The first-order valence-corrected chi connectivity index (χ1v) is 15.9. The van der Waals surface area contributed by atoms with Crippen LogP contribution in [0.15, 0.2) is 43.0 Å². The Morgan fingerprint density at radius 2 is 1.95 bits per heavy atom. The second kappa shape index (κ2) is 13.8. The summed E-state index contributed by atoms with van der Waals surface area (Å²) in [4.78, 5) is 31.0. The van der Waals surface area contributed by atoms with E-state index in [9.17, 15) is 9.90 Å². The number of methoxy groups -OCH3 is 1. The summed E-state index contributed by atoms with van der Waals surface area (Å²) < 4.78 is 11.6. The van der Waals surface area contributed by atoms with Crippen LogP contribution in [-0.4, -0.2) is 103 Å². The number of phenols is 1. The summed E-state index contributed by atoms with van der Waals surface area (Å²) >= 11 is 0. The quantitative estimate of drug-likeness (QED) is 0.325. The maximum atomic E-state index is 12.2. The maximum Gasteiger partial charge on any atom is 0.318 e. The van der Waals surface area contributed by atoms with Crippen LogP contribution < -0.4 is 14.5 Å². The summed E-state index contributed by atoms with van der Waals surface area (Å²) in [6, 6.07) is 4.12. The van der Waals surface area contributed by atoms with Crippen LogP contribution in [0, 0.1) is 5.92 Å². The van der Waals surface area contributed by atoms with E-state index in [1.54, 1.807) is 7.11 Å². The molecule has 0 radical (unpaired) electrons. The molecule has 44 heavy (non-hydrogen) atoms. The number of amides is 1. The van der Waals surface area contributed by atoms with Crippen molar-refractivity contribution in [3.05, 3.63) is 65.4 Å². The van der Waals surface area contributed by atoms with Crippen molar-refractivity contribution in [1.29, 1.82) is 0 Å². The molecule has 6 rings (SSSR count). The number of aromatic hydroxyl groups is 1. The SMILES string of the molecule is C=CC(=O)N1CCN(c2nc(OCCCN3CCC(COC)C3)nc3c2CCN(c2cc(O)cc4c2CC=CC=C4)C3)CC1. The second-order valence-corrected chi connectivity index (χ2v) is 12.1. The Morgan fingerprint density at radius 1 is 1.09 bits per heavy atom. The Kier molecular flexibility index (Phi) is 9.47. The van der Waals surface area contributed by atoms with Crippen LogP contribution in [0.4, 0.5) is 11.5 Å². The molecule has 3 aliphatic heterocycles. The zero-order chi connectivity index (χ0) is 30.5. The number of fused-ring (bicyclic) bond motifs is 2. The number of piperazine rings is 1. The zero-order valence-corrected chi connectivity index (χ0v) is 25.8. The molecule has 234 valence electrons. The van der Waals surface area contributed by atoms with E-state index in [4.69, 9.17) is 19.4 Å². The Balaban J connectivity index is 1.21. The molecular formula is C34H44N6O4. The summed E-state index contributed by atoms with van der Waals surface area (Å²) in [5.41, 5.74) is 5.39. The predicted molar refractivity (Wildman–Crippen MR) is 172 cm³/mol. The number of rotatable bonds is 10. The number of likely N-dealkylation sites (tertiary alicyclic amines) is 1. The van der Waals surface area contributed by atoms with Crippen LogP contribution in [-0.2, 0) is 28.9 Å². The first-order valence-electron chi connectivity index (χ1n) is 15.9. The summed E-state index contributed by atoms with van der Waals surface area (Å²) in [6.07, 6.45) is 13.4. The maximum absolute atomic E-state index is 12.2. The monoisotopic (exact) mass is 600 g/mol. The van der Waals surface area contributed by atoms with Gasteiger partial charge in [0.15, 0.2) is 0 Å². The van der Waals surface area contributed by atoms with Crippen molar-refractivity contribution in [3.63, 3.8) is 0 Å². The van der Waals surface area contributed by atoms with Crippen LogP contribution >= 0.6 is 0 Å². The van der Waals surface area contributed by atoms with E-state index in [2.05, 4.69) is 39.5 Å². The highest BCUT2D eigenvalue weighted by atomic mass is 16.5. The Morgan fingerprint density at radius 3 is 2.77 bits per heavy atom. The number of hydrogen-bond donors (Lipinski definition) is 1. The third-order valence-corrected chi connectivity index (χ3v) is 9.14. The molecule has 1 unspecified atom stereocenters. The molecule has 4 heterocycles. The lowest BCUT2D eigenvalue weighted by molar-refractivity contribution is -0.126. The summed E-state index contributed by atoms with van der Waals surface area (Å²) in [6.45, 7) is 12.2. The van der Waals surface area contributed by atoms with E-state index in [0.717, 1.165) is 80.4 Å². The zero-order valence-electron chi connectivity index (χ0n) is 25.8. The van der Waals surface area contributed by atoms with Gasteiger partial charge in [-0.15, -0.1) is 0 Å². The van der Waals surface area contributed by atoms with Crippen LogP contribution in [0.5, 0.6) is 11.8 Å². The van der Waals surface area contributed by atoms with Gasteiger partial charge in [0.2, 0.25) is 5.91 Å². The van der Waals surface area contributed by atoms with Crippen LogP contribution in [0.2, 0.25) is 0 Å². The minimum Gasteiger partial charge on any atom is -0.508 e. The molecule has 2 aromatic rings. The molecule has 10 nitrogen and oxygen atoms in total. The number of benzene rings is 1. The first-order chi connectivity index (χ1) is 21.5. The molecule has 1 atom stereocenters. The molecule has 1 aromatic carbocycles. The molecule has 2 fully saturated rings. The number of carbonyl (C=O) groups is 1. The molecule has 0 spiro atoms. The van der Waals surface area contributed by atoms with Gasteiger partial charge in [-0.25, -0.2) is 0 Å². The fraction of sp³-hybridized carbons (Fsp3) is 0.500. The van der Waals surface area contributed by atoms with Gasteiger partial charge in [0.1, 0.15) is 11.6 Å². The fourth-order valence-electron chi connectivity index (χ4n) is 6.87. The average molecular weight is 601 g/mol. The molecule has 0 bridgehead atoms. The molecule has 1 N–H and O–H groups in total. The van der Waals surface area contributed by atoms with E-state index in [-0.39, 0.29) is 11.7 Å².